The van der Waals surface area contributed by atoms with E-state index in [1.54, 1.807) is 36.4 Å². The van der Waals surface area contributed by atoms with Crippen LogP contribution in [0.4, 0.5) is 11.4 Å². The minimum Gasteiger partial charge on any atom is -0.399 e. The number of aryl methyl sites for hydroxylation is 1. The van der Waals surface area contributed by atoms with Crippen molar-refractivity contribution < 1.29 is 4.79 Å². The van der Waals surface area contributed by atoms with E-state index in [0.717, 1.165) is 11.3 Å². The maximum Gasteiger partial charge on any atom is 0.255 e. The largest absolute Gasteiger partial charge is 0.399 e. The van der Waals surface area contributed by atoms with E-state index in [9.17, 15) is 4.79 Å². The van der Waals surface area contributed by atoms with Gasteiger partial charge in [-0.3, -0.25) is 4.79 Å². The summed E-state index contributed by atoms with van der Waals surface area (Å²) in [4.78, 5) is 12.0. The summed E-state index contributed by atoms with van der Waals surface area (Å²) < 4.78 is 0. The van der Waals surface area contributed by atoms with E-state index in [4.69, 9.17) is 17.3 Å². The first-order valence-electron chi connectivity index (χ1n) is 5.49. The van der Waals surface area contributed by atoms with Crippen LogP contribution in [0.2, 0.25) is 5.02 Å². The van der Waals surface area contributed by atoms with Crippen molar-refractivity contribution in [1.82, 2.24) is 0 Å². The summed E-state index contributed by atoms with van der Waals surface area (Å²) in [6, 6.07) is 12.1. The van der Waals surface area contributed by atoms with Gasteiger partial charge in [-0.2, -0.15) is 0 Å². The van der Waals surface area contributed by atoms with Crippen LogP contribution in [-0.2, 0) is 0 Å². The minimum atomic E-state index is -0.167. The predicted octanol–water partition coefficient (Wildman–Crippen LogP) is 3.48. The zero-order valence-corrected chi connectivity index (χ0v) is 10.7. The van der Waals surface area contributed by atoms with Crippen LogP contribution in [0.3, 0.4) is 0 Å². The number of nitrogens with two attached hydrogens (primary N) is 1. The van der Waals surface area contributed by atoms with Crippen LogP contribution in [0.1, 0.15) is 15.9 Å². The van der Waals surface area contributed by atoms with E-state index < -0.39 is 0 Å². The summed E-state index contributed by atoms with van der Waals surface area (Å²) in [5.74, 6) is -0.167. The zero-order valence-electron chi connectivity index (χ0n) is 9.91. The number of hydrogen-bond donors (Lipinski definition) is 2. The van der Waals surface area contributed by atoms with Gasteiger partial charge in [-0.1, -0.05) is 11.6 Å². The number of benzene rings is 2. The van der Waals surface area contributed by atoms with Gasteiger partial charge >= 0.3 is 0 Å². The Morgan fingerprint density at radius 2 is 1.83 bits per heavy atom. The van der Waals surface area contributed by atoms with Crippen LogP contribution >= 0.6 is 11.6 Å². The zero-order chi connectivity index (χ0) is 13.1. The Kier molecular flexibility index (Phi) is 3.53. The summed E-state index contributed by atoms with van der Waals surface area (Å²) in [5.41, 5.74) is 8.58. The van der Waals surface area contributed by atoms with Crippen molar-refractivity contribution in [2.45, 2.75) is 6.92 Å². The number of carbonyl (C=O) groups is 1. The van der Waals surface area contributed by atoms with Gasteiger partial charge in [0.2, 0.25) is 0 Å². The number of amides is 1. The molecule has 0 aliphatic rings. The molecule has 92 valence electrons. The number of nitrogen functional groups attached to an aromatic ring is 1. The molecule has 0 fully saturated rings. The van der Waals surface area contributed by atoms with E-state index in [2.05, 4.69) is 5.32 Å². The van der Waals surface area contributed by atoms with Gasteiger partial charge in [0.1, 0.15) is 0 Å². The molecule has 0 atom stereocenters. The number of hydrogen-bond acceptors (Lipinski definition) is 2. The molecule has 0 aliphatic carbocycles. The van der Waals surface area contributed by atoms with Crippen molar-refractivity contribution >= 4 is 28.9 Å². The van der Waals surface area contributed by atoms with Crippen molar-refractivity contribution in [1.29, 1.82) is 0 Å². The molecule has 0 bridgehead atoms. The molecule has 2 aromatic carbocycles. The van der Waals surface area contributed by atoms with E-state index in [1.165, 1.54) is 0 Å². The molecule has 3 nitrogen and oxygen atoms in total. The van der Waals surface area contributed by atoms with Crippen LogP contribution in [0.25, 0.3) is 0 Å². The van der Waals surface area contributed by atoms with Gasteiger partial charge in [0.25, 0.3) is 5.91 Å². The fraction of sp³-hybridized carbons (Fsp3) is 0.0714. The number of rotatable bonds is 2. The lowest BCUT2D eigenvalue weighted by Crippen LogP contribution is -2.12. The number of halogens is 1. The van der Waals surface area contributed by atoms with Crippen LogP contribution in [0.15, 0.2) is 42.5 Å². The van der Waals surface area contributed by atoms with Crippen LogP contribution < -0.4 is 11.1 Å². The minimum absolute atomic E-state index is 0.167. The standard InChI is InChI=1S/C14H13ClN2O/c1-9-8-12(16)6-7-13(9)17-14(18)10-2-4-11(15)5-3-10/h2-8H,16H2,1H3,(H,17,18). The highest BCUT2D eigenvalue weighted by Gasteiger charge is 2.07. The summed E-state index contributed by atoms with van der Waals surface area (Å²) >= 11 is 5.77. The number of carbonyl (C=O) groups excluding carboxylic acids is 1. The smallest absolute Gasteiger partial charge is 0.255 e. The molecule has 0 heterocycles. The Labute approximate surface area is 111 Å². The molecule has 2 rings (SSSR count). The summed E-state index contributed by atoms with van der Waals surface area (Å²) in [5, 5.41) is 3.44. The molecule has 0 unspecified atom stereocenters. The normalized spacial score (nSPS) is 10.1. The summed E-state index contributed by atoms with van der Waals surface area (Å²) in [7, 11) is 0. The molecule has 3 N–H and O–H groups in total. The average Bonchev–Trinajstić information content (AvgIpc) is 2.33. The lowest BCUT2D eigenvalue weighted by atomic mass is 10.1. The van der Waals surface area contributed by atoms with E-state index in [-0.39, 0.29) is 5.91 Å². The van der Waals surface area contributed by atoms with Crippen molar-refractivity contribution in [3.8, 4) is 0 Å². The third-order valence-corrected chi connectivity index (χ3v) is 2.86. The summed E-state index contributed by atoms with van der Waals surface area (Å²) in [6.45, 7) is 1.90. The summed E-state index contributed by atoms with van der Waals surface area (Å²) in [6.07, 6.45) is 0. The fourth-order valence-electron chi connectivity index (χ4n) is 1.62. The van der Waals surface area contributed by atoms with Gasteiger partial charge in [-0.05, 0) is 55.0 Å². The third kappa shape index (κ3) is 2.81. The molecule has 4 heteroatoms. The molecule has 0 saturated carbocycles. The molecule has 18 heavy (non-hydrogen) atoms. The van der Waals surface area contributed by atoms with E-state index in [0.29, 0.717) is 16.3 Å². The van der Waals surface area contributed by atoms with Gasteiger partial charge in [-0.15, -0.1) is 0 Å². The lowest BCUT2D eigenvalue weighted by molar-refractivity contribution is 0.102. The molecular weight excluding hydrogens is 248 g/mol. The lowest BCUT2D eigenvalue weighted by Gasteiger charge is -2.09. The quantitative estimate of drug-likeness (QED) is 0.812. The van der Waals surface area contributed by atoms with Gasteiger partial charge in [-0.25, -0.2) is 0 Å². The van der Waals surface area contributed by atoms with E-state index >= 15 is 0 Å². The van der Waals surface area contributed by atoms with E-state index in [1.807, 2.05) is 13.0 Å². The van der Waals surface area contributed by atoms with Gasteiger partial charge in [0.05, 0.1) is 0 Å². The molecule has 0 radical (unpaired) electrons. The Bertz CT molecular complexity index is 579. The topological polar surface area (TPSA) is 55.1 Å². The second-order valence-electron chi connectivity index (χ2n) is 4.04. The second kappa shape index (κ2) is 5.10. The SMILES string of the molecule is Cc1cc(N)ccc1NC(=O)c1ccc(Cl)cc1. The molecular formula is C14H13ClN2O. The van der Waals surface area contributed by atoms with Crippen molar-refractivity contribution in [2.24, 2.45) is 0 Å². The monoisotopic (exact) mass is 260 g/mol. The first-order chi connectivity index (χ1) is 8.56. The Balaban J connectivity index is 2.18. The Hall–Kier alpha value is -2.00. The fourth-order valence-corrected chi connectivity index (χ4v) is 1.75. The molecule has 0 saturated heterocycles. The molecule has 2 aromatic rings. The first-order valence-corrected chi connectivity index (χ1v) is 5.87. The third-order valence-electron chi connectivity index (χ3n) is 2.61. The molecule has 0 spiro atoms. The maximum atomic E-state index is 12.0. The molecule has 1 amide bonds. The highest BCUT2D eigenvalue weighted by molar-refractivity contribution is 6.30. The first kappa shape index (κ1) is 12.5. The van der Waals surface area contributed by atoms with Gasteiger partial charge < -0.3 is 11.1 Å². The highest BCUT2D eigenvalue weighted by atomic mass is 35.5. The van der Waals surface area contributed by atoms with Crippen molar-refractivity contribution in [2.75, 3.05) is 11.1 Å². The maximum absolute atomic E-state index is 12.0. The van der Waals surface area contributed by atoms with Gasteiger partial charge in [0.15, 0.2) is 0 Å². The average molecular weight is 261 g/mol. The Morgan fingerprint density at radius 3 is 2.44 bits per heavy atom. The van der Waals surface area contributed by atoms with Gasteiger partial charge in [0, 0.05) is 22.0 Å². The number of anilines is 2. The van der Waals surface area contributed by atoms with Crippen LogP contribution in [-0.4, -0.2) is 5.91 Å². The predicted molar refractivity (Wildman–Crippen MR) is 75.0 cm³/mol. The highest BCUT2D eigenvalue weighted by Crippen LogP contribution is 2.19. The van der Waals surface area contributed by atoms with Crippen molar-refractivity contribution in [3.05, 3.63) is 58.6 Å². The Morgan fingerprint density at radius 1 is 1.17 bits per heavy atom. The van der Waals surface area contributed by atoms with Crippen LogP contribution in [0, 0.1) is 6.92 Å². The molecule has 0 aliphatic heterocycles. The van der Waals surface area contributed by atoms with Crippen molar-refractivity contribution in [3.63, 3.8) is 0 Å². The second-order valence-corrected chi connectivity index (χ2v) is 4.47. The van der Waals surface area contributed by atoms with Crippen LogP contribution in [0.5, 0.6) is 0 Å². The molecule has 0 aromatic heterocycles. The number of nitrogens with one attached hydrogen (secondary N) is 1.